The largest absolute Gasteiger partial charge is 0.493 e. The van der Waals surface area contributed by atoms with Crippen molar-refractivity contribution in [2.75, 3.05) is 20.3 Å². The van der Waals surface area contributed by atoms with Gasteiger partial charge in [-0.3, -0.25) is 9.59 Å². The highest BCUT2D eigenvalue weighted by molar-refractivity contribution is 8.14. The van der Waals surface area contributed by atoms with Gasteiger partial charge in [-0.15, -0.1) is 5.10 Å². The number of hydrazone groups is 1. The normalized spacial score (nSPS) is 15.3. The van der Waals surface area contributed by atoms with Gasteiger partial charge in [0.25, 0.3) is 0 Å². The molecule has 0 aromatic heterocycles. The monoisotopic (exact) mass is 463 g/mol. The maximum Gasteiger partial charge on any atom is 0.241 e. The summed E-state index contributed by atoms with van der Waals surface area (Å²) in [5.74, 6) is 1.00. The van der Waals surface area contributed by atoms with Crippen LogP contribution in [0.15, 0.2) is 47.6 Å². The Morgan fingerprint density at radius 1 is 1.16 bits per heavy atom. The van der Waals surface area contributed by atoms with Gasteiger partial charge in [0.05, 0.1) is 12.1 Å². The number of methoxy groups -OCH3 is 1. The summed E-state index contributed by atoms with van der Waals surface area (Å²) in [6, 6.07) is 12.8. The quantitative estimate of drug-likeness (QED) is 0.628. The zero-order chi connectivity index (χ0) is 22.4. The van der Waals surface area contributed by atoms with Gasteiger partial charge in [0.2, 0.25) is 11.8 Å². The number of amides is 2. The van der Waals surface area contributed by atoms with E-state index in [0.717, 1.165) is 5.75 Å². The molecule has 31 heavy (non-hydrogen) atoms. The maximum atomic E-state index is 12.0. The Kier molecular flexibility index (Phi) is 7.64. The Balaban J connectivity index is 1.72. The Morgan fingerprint density at radius 3 is 2.52 bits per heavy atom. The molecule has 8 nitrogen and oxygen atoms in total. The summed E-state index contributed by atoms with van der Waals surface area (Å²) in [6.45, 7) is 3.37. The third-order valence-electron chi connectivity index (χ3n) is 4.13. The molecule has 1 N–H and O–H groups in total. The number of thioether (sulfide) groups is 1. The lowest BCUT2D eigenvalue weighted by Gasteiger charge is -2.21. The van der Waals surface area contributed by atoms with E-state index in [9.17, 15) is 9.59 Å². The molecular formula is C21H22ClN3O5S. The predicted molar refractivity (Wildman–Crippen MR) is 120 cm³/mol. The molecule has 1 heterocycles. The second-order valence-electron chi connectivity index (χ2n) is 6.46. The number of nitrogens with zero attached hydrogens (tertiary/aromatic N) is 2. The van der Waals surface area contributed by atoms with Gasteiger partial charge in [0.1, 0.15) is 24.3 Å². The van der Waals surface area contributed by atoms with E-state index in [-0.39, 0.29) is 18.4 Å². The lowest BCUT2D eigenvalue weighted by Crippen LogP contribution is -2.25. The van der Waals surface area contributed by atoms with Gasteiger partial charge in [-0.2, -0.15) is 0 Å². The van der Waals surface area contributed by atoms with Crippen LogP contribution < -0.4 is 19.5 Å². The smallest absolute Gasteiger partial charge is 0.241 e. The molecule has 0 saturated carbocycles. The zero-order valence-corrected chi connectivity index (χ0v) is 18.8. The van der Waals surface area contributed by atoms with Crippen LogP contribution in [0.2, 0.25) is 5.02 Å². The Hall–Kier alpha value is -2.91. The number of halogens is 1. The van der Waals surface area contributed by atoms with Crippen LogP contribution in [-0.2, 0) is 9.59 Å². The minimum atomic E-state index is -0.499. The Labute approximate surface area is 189 Å². The van der Waals surface area contributed by atoms with Crippen molar-refractivity contribution in [2.45, 2.75) is 19.2 Å². The van der Waals surface area contributed by atoms with Crippen molar-refractivity contribution in [2.24, 2.45) is 5.10 Å². The fraction of sp³-hybridized carbons (Fsp3) is 0.286. The minimum absolute atomic E-state index is 0.262. The molecule has 0 aliphatic carbocycles. The van der Waals surface area contributed by atoms with Gasteiger partial charge in [-0.1, -0.05) is 41.6 Å². The van der Waals surface area contributed by atoms with Crippen molar-refractivity contribution in [3.63, 3.8) is 0 Å². The number of hydrogen-bond acceptors (Lipinski definition) is 7. The number of carbonyl (C=O) groups excluding carboxylic acids is 2. The van der Waals surface area contributed by atoms with Crippen LogP contribution in [0.1, 0.15) is 24.8 Å². The average molecular weight is 464 g/mol. The van der Waals surface area contributed by atoms with Crippen molar-refractivity contribution in [3.8, 4) is 17.2 Å². The number of benzene rings is 2. The maximum absolute atomic E-state index is 12.0. The molecule has 10 heteroatoms. The van der Waals surface area contributed by atoms with Crippen molar-refractivity contribution in [1.29, 1.82) is 0 Å². The standard InChI is InChI=1S/C21H22ClN3O5S/c1-13(26)23-21-24-25(14(2)27)20(31-21)15-11-17(22)19(18(12-15)28-3)30-10-9-29-16-7-5-4-6-8-16/h4-8,11-12,20H,9-10H2,1-3H3,(H,23,24,26). The molecule has 2 aromatic carbocycles. The van der Waals surface area contributed by atoms with Crippen LogP contribution in [0.4, 0.5) is 0 Å². The van der Waals surface area contributed by atoms with Crippen LogP contribution in [0.5, 0.6) is 17.2 Å². The number of hydrogen-bond donors (Lipinski definition) is 1. The number of nitrogens with one attached hydrogen (secondary N) is 1. The average Bonchev–Trinajstić information content (AvgIpc) is 3.16. The number of rotatable bonds is 7. The van der Waals surface area contributed by atoms with E-state index >= 15 is 0 Å². The zero-order valence-electron chi connectivity index (χ0n) is 17.3. The molecule has 1 aliphatic rings. The molecular weight excluding hydrogens is 442 g/mol. The fourth-order valence-electron chi connectivity index (χ4n) is 2.82. The van der Waals surface area contributed by atoms with E-state index in [1.54, 1.807) is 12.1 Å². The first kappa shape index (κ1) is 22.8. The van der Waals surface area contributed by atoms with Gasteiger partial charge in [-0.25, -0.2) is 5.01 Å². The van der Waals surface area contributed by atoms with Crippen molar-refractivity contribution < 1.29 is 23.8 Å². The van der Waals surface area contributed by atoms with E-state index in [2.05, 4.69) is 10.4 Å². The highest BCUT2D eigenvalue weighted by Gasteiger charge is 2.33. The summed E-state index contributed by atoms with van der Waals surface area (Å²) in [7, 11) is 1.51. The molecule has 0 spiro atoms. The Bertz CT molecular complexity index is 986. The van der Waals surface area contributed by atoms with Crippen LogP contribution in [0.25, 0.3) is 0 Å². The van der Waals surface area contributed by atoms with Gasteiger partial charge in [-0.05, 0) is 29.8 Å². The molecule has 0 saturated heterocycles. The summed E-state index contributed by atoms with van der Waals surface area (Å²) >= 11 is 7.70. The molecule has 3 rings (SSSR count). The van der Waals surface area contributed by atoms with E-state index < -0.39 is 5.37 Å². The highest BCUT2D eigenvalue weighted by Crippen LogP contribution is 2.44. The lowest BCUT2D eigenvalue weighted by atomic mass is 10.2. The SMILES string of the molecule is COc1cc(C2SC(NC(C)=O)=NN2C(C)=O)cc(Cl)c1OCCOc1ccccc1. The van der Waals surface area contributed by atoms with Crippen molar-refractivity contribution in [1.82, 2.24) is 10.3 Å². The topological polar surface area (TPSA) is 89.5 Å². The number of ether oxygens (including phenoxy) is 3. The Morgan fingerprint density at radius 2 is 1.87 bits per heavy atom. The molecule has 1 unspecified atom stereocenters. The molecule has 1 aliphatic heterocycles. The molecule has 164 valence electrons. The van der Waals surface area contributed by atoms with Crippen molar-refractivity contribution in [3.05, 3.63) is 53.1 Å². The van der Waals surface area contributed by atoms with E-state index in [1.165, 1.54) is 37.7 Å². The molecule has 0 fully saturated rings. The second-order valence-corrected chi connectivity index (χ2v) is 7.94. The molecule has 2 amide bonds. The van der Waals surface area contributed by atoms with Crippen molar-refractivity contribution >= 4 is 40.3 Å². The van der Waals surface area contributed by atoms with E-state index in [4.69, 9.17) is 25.8 Å². The number of carbonyl (C=O) groups is 2. The van der Waals surface area contributed by atoms with Crippen LogP contribution in [0, 0.1) is 0 Å². The predicted octanol–water partition coefficient (Wildman–Crippen LogP) is 3.81. The third kappa shape index (κ3) is 5.83. The minimum Gasteiger partial charge on any atom is -0.493 e. The van der Waals surface area contributed by atoms with Crippen LogP contribution in [-0.4, -0.2) is 42.3 Å². The first-order chi connectivity index (χ1) is 14.9. The molecule has 0 bridgehead atoms. The molecule has 1 atom stereocenters. The first-order valence-corrected chi connectivity index (χ1v) is 10.7. The summed E-state index contributed by atoms with van der Waals surface area (Å²) in [6.07, 6.45) is 0. The number of para-hydroxylation sites is 1. The van der Waals surface area contributed by atoms with Gasteiger partial charge in [0.15, 0.2) is 16.7 Å². The summed E-state index contributed by atoms with van der Waals surface area (Å²) in [5, 5.41) is 8.24. The fourth-order valence-corrected chi connectivity index (χ4v) is 4.21. The van der Waals surface area contributed by atoms with Gasteiger partial charge >= 0.3 is 0 Å². The second kappa shape index (κ2) is 10.4. The summed E-state index contributed by atoms with van der Waals surface area (Å²) < 4.78 is 16.9. The third-order valence-corrected chi connectivity index (χ3v) is 5.51. The number of amidine groups is 1. The van der Waals surface area contributed by atoms with Gasteiger partial charge in [0, 0.05) is 13.8 Å². The first-order valence-electron chi connectivity index (χ1n) is 9.39. The van der Waals surface area contributed by atoms with Gasteiger partial charge < -0.3 is 19.5 Å². The lowest BCUT2D eigenvalue weighted by molar-refractivity contribution is -0.129. The summed E-state index contributed by atoms with van der Waals surface area (Å²) in [5.41, 5.74) is 0.680. The highest BCUT2D eigenvalue weighted by atomic mass is 35.5. The molecule has 2 aromatic rings. The summed E-state index contributed by atoms with van der Waals surface area (Å²) in [4.78, 5) is 23.4. The van der Waals surface area contributed by atoms with Crippen LogP contribution >= 0.6 is 23.4 Å². The molecule has 0 radical (unpaired) electrons. The van der Waals surface area contributed by atoms with E-state index in [0.29, 0.717) is 33.9 Å². The van der Waals surface area contributed by atoms with E-state index in [1.807, 2.05) is 30.3 Å². The van der Waals surface area contributed by atoms with Crippen LogP contribution in [0.3, 0.4) is 0 Å².